The average Bonchev–Trinajstić information content (AvgIpc) is 2.85. The van der Waals surface area contributed by atoms with Crippen molar-refractivity contribution in [3.63, 3.8) is 0 Å². The minimum Gasteiger partial charge on any atom is -0.484 e. The second-order valence-corrected chi connectivity index (χ2v) is 9.99. The Bertz CT molecular complexity index is 1340. The number of carbonyl (C=O) groups is 1. The standard InChI is InChI=1S/C26H22N2O4S2/c29-26(27-24-13-7-8-14-25(24)33-22-11-5-2-6-12-22)19-32-21-15-17-23(18-16-21)34(30,31)28-20-9-3-1-4-10-20/h1-18,28H,19H2,(H,27,29). The first-order valence-electron chi connectivity index (χ1n) is 10.4. The molecule has 8 heteroatoms. The molecule has 0 atom stereocenters. The molecule has 4 aromatic carbocycles. The van der Waals surface area contributed by atoms with Gasteiger partial charge in [-0.3, -0.25) is 9.52 Å². The van der Waals surface area contributed by atoms with Crippen molar-refractivity contribution in [3.8, 4) is 5.75 Å². The normalized spacial score (nSPS) is 10.9. The summed E-state index contributed by atoms with van der Waals surface area (Å²) in [6, 6.07) is 32.0. The fourth-order valence-corrected chi connectivity index (χ4v) is 5.03. The largest absolute Gasteiger partial charge is 0.484 e. The zero-order valence-corrected chi connectivity index (χ0v) is 19.7. The molecule has 0 saturated carbocycles. The third kappa shape index (κ3) is 6.40. The van der Waals surface area contributed by atoms with Crippen LogP contribution in [-0.4, -0.2) is 20.9 Å². The first-order chi connectivity index (χ1) is 16.5. The molecule has 0 unspecified atom stereocenters. The molecule has 0 aliphatic rings. The van der Waals surface area contributed by atoms with Gasteiger partial charge in [-0.15, -0.1) is 0 Å². The molecule has 0 radical (unpaired) electrons. The van der Waals surface area contributed by atoms with Crippen molar-refractivity contribution < 1.29 is 17.9 Å². The van der Waals surface area contributed by atoms with Gasteiger partial charge in [0.05, 0.1) is 10.6 Å². The summed E-state index contributed by atoms with van der Waals surface area (Å²) in [4.78, 5) is 14.6. The van der Waals surface area contributed by atoms with Gasteiger partial charge in [0.25, 0.3) is 15.9 Å². The van der Waals surface area contributed by atoms with Crippen molar-refractivity contribution in [1.29, 1.82) is 0 Å². The lowest BCUT2D eigenvalue weighted by Gasteiger charge is -2.12. The lowest BCUT2D eigenvalue weighted by atomic mass is 10.3. The van der Waals surface area contributed by atoms with Gasteiger partial charge >= 0.3 is 0 Å². The Labute approximate surface area is 203 Å². The van der Waals surface area contributed by atoms with E-state index < -0.39 is 10.0 Å². The number of hydrogen-bond donors (Lipinski definition) is 2. The number of amides is 1. The van der Waals surface area contributed by atoms with E-state index in [0.717, 1.165) is 9.79 Å². The summed E-state index contributed by atoms with van der Waals surface area (Å²) < 4.78 is 33.1. The van der Waals surface area contributed by atoms with Gasteiger partial charge in [-0.25, -0.2) is 8.42 Å². The predicted molar refractivity (Wildman–Crippen MR) is 135 cm³/mol. The smallest absolute Gasteiger partial charge is 0.262 e. The summed E-state index contributed by atoms with van der Waals surface area (Å²) in [5.41, 5.74) is 1.17. The number of anilines is 2. The summed E-state index contributed by atoms with van der Waals surface area (Å²) in [5.74, 6) is 0.0734. The number of carbonyl (C=O) groups excluding carboxylic acids is 1. The van der Waals surface area contributed by atoms with Gasteiger partial charge in [-0.2, -0.15) is 0 Å². The van der Waals surface area contributed by atoms with Crippen molar-refractivity contribution in [2.75, 3.05) is 16.6 Å². The van der Waals surface area contributed by atoms with E-state index in [0.29, 0.717) is 17.1 Å². The highest BCUT2D eigenvalue weighted by molar-refractivity contribution is 7.99. The average molecular weight is 491 g/mol. The molecule has 0 aliphatic heterocycles. The number of sulfonamides is 1. The van der Waals surface area contributed by atoms with Crippen LogP contribution in [-0.2, 0) is 14.8 Å². The monoisotopic (exact) mass is 490 g/mol. The first kappa shape index (κ1) is 23.4. The molecule has 0 bridgehead atoms. The van der Waals surface area contributed by atoms with E-state index in [1.165, 1.54) is 24.3 Å². The van der Waals surface area contributed by atoms with Crippen molar-refractivity contribution >= 4 is 39.1 Å². The van der Waals surface area contributed by atoms with Crippen molar-refractivity contribution in [2.45, 2.75) is 14.7 Å². The second-order valence-electron chi connectivity index (χ2n) is 7.19. The van der Waals surface area contributed by atoms with E-state index in [2.05, 4.69) is 10.0 Å². The molecule has 6 nitrogen and oxygen atoms in total. The highest BCUT2D eigenvalue weighted by Crippen LogP contribution is 2.33. The fourth-order valence-electron chi connectivity index (χ4n) is 3.04. The van der Waals surface area contributed by atoms with Crippen LogP contribution >= 0.6 is 11.8 Å². The Morgan fingerprint density at radius 1 is 0.765 bits per heavy atom. The second kappa shape index (κ2) is 10.9. The van der Waals surface area contributed by atoms with Crippen LogP contribution in [0.3, 0.4) is 0 Å². The lowest BCUT2D eigenvalue weighted by molar-refractivity contribution is -0.118. The SMILES string of the molecule is O=C(COc1ccc(S(=O)(=O)Nc2ccccc2)cc1)Nc1ccccc1Sc1ccccc1. The molecular formula is C26H22N2O4S2. The van der Waals surface area contributed by atoms with Crippen LogP contribution in [0.5, 0.6) is 5.75 Å². The molecule has 1 amide bonds. The van der Waals surface area contributed by atoms with E-state index in [9.17, 15) is 13.2 Å². The third-order valence-corrected chi connectivity index (χ3v) is 7.14. The molecule has 2 N–H and O–H groups in total. The molecule has 0 spiro atoms. The minimum atomic E-state index is -3.72. The maximum atomic E-state index is 12.5. The van der Waals surface area contributed by atoms with E-state index in [1.54, 1.807) is 42.1 Å². The summed E-state index contributed by atoms with van der Waals surface area (Å²) >= 11 is 1.56. The molecule has 4 aromatic rings. The van der Waals surface area contributed by atoms with Gasteiger partial charge in [0.15, 0.2) is 6.61 Å². The van der Waals surface area contributed by atoms with Crippen LogP contribution in [0.2, 0.25) is 0 Å². The Kier molecular flexibility index (Phi) is 7.51. The number of benzene rings is 4. The molecule has 172 valence electrons. The topological polar surface area (TPSA) is 84.5 Å². The maximum absolute atomic E-state index is 12.5. The molecule has 0 aliphatic carbocycles. The van der Waals surface area contributed by atoms with Crippen LogP contribution < -0.4 is 14.8 Å². The number of para-hydroxylation sites is 2. The first-order valence-corrected chi connectivity index (χ1v) is 12.7. The van der Waals surface area contributed by atoms with E-state index in [-0.39, 0.29) is 17.4 Å². The van der Waals surface area contributed by atoms with Crippen LogP contribution in [0.1, 0.15) is 0 Å². The van der Waals surface area contributed by atoms with Crippen LogP contribution in [0.15, 0.2) is 124 Å². The number of rotatable bonds is 9. The molecule has 0 heterocycles. The van der Waals surface area contributed by atoms with Gasteiger partial charge in [-0.05, 0) is 60.7 Å². The van der Waals surface area contributed by atoms with Gasteiger partial charge in [0.1, 0.15) is 5.75 Å². The summed E-state index contributed by atoms with van der Waals surface area (Å²) in [6.45, 7) is -0.210. The van der Waals surface area contributed by atoms with Crippen molar-refractivity contribution in [1.82, 2.24) is 0 Å². The van der Waals surface area contributed by atoms with Gasteiger partial charge in [0, 0.05) is 15.5 Å². The van der Waals surface area contributed by atoms with Gasteiger partial charge in [0.2, 0.25) is 0 Å². The van der Waals surface area contributed by atoms with Crippen LogP contribution in [0.25, 0.3) is 0 Å². The Hall–Kier alpha value is -3.75. The minimum absolute atomic E-state index is 0.0972. The van der Waals surface area contributed by atoms with Crippen LogP contribution in [0, 0.1) is 0 Å². The molecule has 4 rings (SSSR count). The molecule has 0 saturated heterocycles. The predicted octanol–water partition coefficient (Wildman–Crippen LogP) is 5.66. The van der Waals surface area contributed by atoms with Crippen molar-refractivity contribution in [3.05, 3.63) is 109 Å². The summed E-state index contributed by atoms with van der Waals surface area (Å²) in [7, 11) is -3.72. The fraction of sp³-hybridized carbons (Fsp3) is 0.0385. The zero-order valence-electron chi connectivity index (χ0n) is 18.0. The highest BCUT2D eigenvalue weighted by Gasteiger charge is 2.14. The Balaban J connectivity index is 1.34. The number of ether oxygens (including phenoxy) is 1. The number of hydrogen-bond acceptors (Lipinski definition) is 5. The van der Waals surface area contributed by atoms with E-state index in [4.69, 9.17) is 4.74 Å². The third-order valence-electron chi connectivity index (χ3n) is 4.66. The molecule has 0 fully saturated rings. The van der Waals surface area contributed by atoms with Gasteiger partial charge < -0.3 is 10.1 Å². The molecule has 0 aromatic heterocycles. The molecular weight excluding hydrogens is 468 g/mol. The van der Waals surface area contributed by atoms with Crippen LogP contribution in [0.4, 0.5) is 11.4 Å². The highest BCUT2D eigenvalue weighted by atomic mass is 32.2. The van der Waals surface area contributed by atoms with E-state index >= 15 is 0 Å². The van der Waals surface area contributed by atoms with Gasteiger partial charge in [-0.1, -0.05) is 60.3 Å². The Morgan fingerprint density at radius 2 is 1.38 bits per heavy atom. The summed E-state index contributed by atoms with van der Waals surface area (Å²) in [6.07, 6.45) is 0. The zero-order chi connectivity index (χ0) is 23.8. The molecule has 34 heavy (non-hydrogen) atoms. The maximum Gasteiger partial charge on any atom is 0.262 e. The quantitative estimate of drug-likeness (QED) is 0.316. The Morgan fingerprint density at radius 3 is 2.09 bits per heavy atom. The summed E-state index contributed by atoms with van der Waals surface area (Å²) in [5, 5.41) is 2.87. The van der Waals surface area contributed by atoms with Crippen molar-refractivity contribution in [2.24, 2.45) is 0 Å². The number of nitrogens with one attached hydrogen (secondary N) is 2. The lowest BCUT2D eigenvalue weighted by Crippen LogP contribution is -2.20. The van der Waals surface area contributed by atoms with E-state index in [1.807, 2.05) is 54.6 Å².